The van der Waals surface area contributed by atoms with E-state index in [2.05, 4.69) is 41.5 Å². The van der Waals surface area contributed by atoms with Crippen molar-refractivity contribution in [2.24, 2.45) is 0 Å². The molecule has 0 unspecified atom stereocenters. The number of hydrogen-bond donors (Lipinski definition) is 1. The highest BCUT2D eigenvalue weighted by molar-refractivity contribution is 7.86. The van der Waals surface area contributed by atoms with E-state index < -0.39 is 15.5 Å². The third-order valence-electron chi connectivity index (χ3n) is 4.68. The Morgan fingerprint density at radius 3 is 1.38 bits per heavy atom. The van der Waals surface area contributed by atoms with Crippen LogP contribution in [0.1, 0.15) is 79.0 Å². The van der Waals surface area contributed by atoms with E-state index in [-0.39, 0.29) is 15.7 Å². The van der Waals surface area contributed by atoms with Gasteiger partial charge in [0.15, 0.2) is 0 Å². The van der Waals surface area contributed by atoms with E-state index in [0.717, 1.165) is 22.1 Å². The first-order valence-electron chi connectivity index (χ1n) is 9.05. The molecule has 2 rings (SSSR count). The molecule has 0 aliphatic rings. The summed E-state index contributed by atoms with van der Waals surface area (Å²) in [6.07, 6.45) is 0. The van der Waals surface area contributed by atoms with E-state index in [1.165, 1.54) is 0 Å². The topological polar surface area (TPSA) is 54.4 Å². The van der Waals surface area contributed by atoms with E-state index in [1.807, 2.05) is 39.0 Å². The minimum Gasteiger partial charge on any atom is -0.282 e. The molecule has 0 aromatic heterocycles. The van der Waals surface area contributed by atoms with Crippen molar-refractivity contribution in [3.8, 4) is 0 Å². The first-order valence-corrected chi connectivity index (χ1v) is 10.5. The van der Waals surface area contributed by atoms with Crippen LogP contribution in [0, 0.1) is 0 Å². The fraction of sp³-hybridized carbons (Fsp3) is 0.545. The lowest BCUT2D eigenvalue weighted by Gasteiger charge is -2.38. The molecule has 0 heterocycles. The van der Waals surface area contributed by atoms with E-state index in [0.29, 0.717) is 5.39 Å². The Labute approximate surface area is 158 Å². The van der Waals surface area contributed by atoms with Gasteiger partial charge < -0.3 is 0 Å². The number of fused-ring (bicyclic) bond motifs is 1. The minimum absolute atomic E-state index is 0.0542. The van der Waals surface area contributed by atoms with Crippen molar-refractivity contribution in [3.05, 3.63) is 41.0 Å². The smallest absolute Gasteiger partial charge is 0.282 e. The zero-order chi connectivity index (χ0) is 20.3. The van der Waals surface area contributed by atoms with Crippen LogP contribution in [0.15, 0.2) is 29.2 Å². The zero-order valence-electron chi connectivity index (χ0n) is 17.5. The maximum Gasteiger partial charge on any atom is 0.295 e. The molecule has 0 saturated carbocycles. The van der Waals surface area contributed by atoms with Crippen molar-refractivity contribution >= 4 is 20.9 Å². The van der Waals surface area contributed by atoms with E-state index in [4.69, 9.17) is 0 Å². The minimum atomic E-state index is -4.39. The van der Waals surface area contributed by atoms with Crippen LogP contribution < -0.4 is 0 Å². The summed E-state index contributed by atoms with van der Waals surface area (Å²) in [5.41, 5.74) is 1.98. The van der Waals surface area contributed by atoms with Crippen molar-refractivity contribution in [1.29, 1.82) is 0 Å². The third kappa shape index (κ3) is 3.67. The van der Waals surface area contributed by atoms with Crippen LogP contribution in [0.5, 0.6) is 0 Å². The zero-order valence-corrected chi connectivity index (χ0v) is 18.3. The number of benzene rings is 2. The van der Waals surface area contributed by atoms with Crippen molar-refractivity contribution in [3.63, 3.8) is 0 Å². The number of rotatable bonds is 1. The summed E-state index contributed by atoms with van der Waals surface area (Å²) < 4.78 is 35.2. The monoisotopic (exact) mass is 376 g/mol. The molecule has 0 atom stereocenters. The van der Waals surface area contributed by atoms with Gasteiger partial charge in [-0.1, -0.05) is 86.6 Å². The van der Waals surface area contributed by atoms with Gasteiger partial charge in [-0.05, 0) is 38.3 Å². The molecule has 0 spiro atoms. The quantitative estimate of drug-likeness (QED) is 0.623. The second-order valence-electron chi connectivity index (χ2n) is 10.2. The molecule has 0 aliphatic heterocycles. The van der Waals surface area contributed by atoms with Gasteiger partial charge in [0.25, 0.3) is 10.1 Å². The van der Waals surface area contributed by atoms with E-state index in [9.17, 15) is 13.0 Å². The maximum absolute atomic E-state index is 12.5. The van der Waals surface area contributed by atoms with Crippen molar-refractivity contribution in [2.45, 2.75) is 83.5 Å². The normalized spacial score (nSPS) is 14.1. The van der Waals surface area contributed by atoms with Crippen LogP contribution in [-0.4, -0.2) is 13.0 Å². The summed E-state index contributed by atoms with van der Waals surface area (Å²) in [6.45, 7) is 18.8. The Hall–Kier alpha value is -1.39. The molecule has 26 heavy (non-hydrogen) atoms. The molecule has 2 aromatic rings. The molecule has 2 aromatic carbocycles. The summed E-state index contributed by atoms with van der Waals surface area (Å²) in [7, 11) is -4.39. The fourth-order valence-electron chi connectivity index (χ4n) is 3.92. The molecule has 0 bridgehead atoms. The standard InChI is InChI=1S/C22H32O3S/c1-20(2,3)16-14-12-10-11-13-15(14)19(26(23,24)25)18(22(7,8)9)17(16)21(4,5)6/h10-13H,1-9H3,(H,23,24,25). The molecule has 0 aliphatic carbocycles. The van der Waals surface area contributed by atoms with Gasteiger partial charge in [0, 0.05) is 5.39 Å². The molecular formula is C22H32O3S. The van der Waals surface area contributed by atoms with Gasteiger partial charge in [-0.25, -0.2) is 0 Å². The first-order chi connectivity index (χ1) is 11.5. The van der Waals surface area contributed by atoms with Crippen LogP contribution in [0.25, 0.3) is 10.8 Å². The molecule has 4 heteroatoms. The Morgan fingerprint density at radius 1 is 0.654 bits per heavy atom. The van der Waals surface area contributed by atoms with Gasteiger partial charge in [-0.3, -0.25) is 4.55 Å². The molecule has 3 nitrogen and oxygen atoms in total. The molecule has 0 amide bonds. The molecule has 0 radical (unpaired) electrons. The maximum atomic E-state index is 12.5. The molecule has 1 N–H and O–H groups in total. The second-order valence-corrected chi connectivity index (χ2v) is 11.6. The Morgan fingerprint density at radius 2 is 1.04 bits per heavy atom. The third-order valence-corrected chi connectivity index (χ3v) is 5.62. The first kappa shape index (κ1) is 20.9. The predicted octanol–water partition coefficient (Wildman–Crippen LogP) is 5.98. The van der Waals surface area contributed by atoms with Gasteiger partial charge in [-0.15, -0.1) is 0 Å². The van der Waals surface area contributed by atoms with Gasteiger partial charge in [0.1, 0.15) is 4.90 Å². The van der Waals surface area contributed by atoms with Crippen LogP contribution >= 0.6 is 0 Å². The predicted molar refractivity (Wildman–Crippen MR) is 110 cm³/mol. The Balaban J connectivity index is 3.40. The average molecular weight is 377 g/mol. The number of hydrogen-bond acceptors (Lipinski definition) is 2. The largest absolute Gasteiger partial charge is 0.295 e. The summed E-state index contributed by atoms with van der Waals surface area (Å²) in [6, 6.07) is 7.52. The molecule has 144 valence electrons. The van der Waals surface area contributed by atoms with Crippen molar-refractivity contribution in [1.82, 2.24) is 0 Å². The summed E-state index contributed by atoms with van der Waals surface area (Å²) in [4.78, 5) is 0.0542. The summed E-state index contributed by atoms with van der Waals surface area (Å²) in [5.74, 6) is 0. The van der Waals surface area contributed by atoms with Crippen molar-refractivity contribution in [2.75, 3.05) is 0 Å². The summed E-state index contributed by atoms with van der Waals surface area (Å²) >= 11 is 0. The lowest BCUT2D eigenvalue weighted by molar-refractivity contribution is 0.467. The SMILES string of the molecule is CC(C)(C)c1c(C(C)(C)C)c(S(=O)(=O)O)c2ccccc2c1C(C)(C)C. The lowest BCUT2D eigenvalue weighted by Crippen LogP contribution is -2.30. The van der Waals surface area contributed by atoms with Crippen LogP contribution in [0.3, 0.4) is 0 Å². The summed E-state index contributed by atoms with van der Waals surface area (Å²) in [5, 5.41) is 1.49. The lowest BCUT2D eigenvalue weighted by atomic mass is 9.67. The highest BCUT2D eigenvalue weighted by atomic mass is 32.2. The Kier molecular flexibility index (Phi) is 4.88. The van der Waals surface area contributed by atoms with Crippen LogP contribution in [0.4, 0.5) is 0 Å². The fourth-order valence-corrected chi connectivity index (χ4v) is 5.04. The van der Waals surface area contributed by atoms with Crippen LogP contribution in [-0.2, 0) is 26.4 Å². The Bertz CT molecular complexity index is 948. The van der Waals surface area contributed by atoms with E-state index in [1.54, 1.807) is 6.07 Å². The molecule has 0 saturated heterocycles. The molecular weight excluding hydrogens is 344 g/mol. The van der Waals surface area contributed by atoms with Crippen molar-refractivity contribution < 1.29 is 13.0 Å². The van der Waals surface area contributed by atoms with Gasteiger partial charge in [0.05, 0.1) is 0 Å². The van der Waals surface area contributed by atoms with E-state index >= 15 is 0 Å². The average Bonchev–Trinajstić information content (AvgIpc) is 2.40. The van der Waals surface area contributed by atoms with Gasteiger partial charge >= 0.3 is 0 Å². The second kappa shape index (κ2) is 6.07. The van der Waals surface area contributed by atoms with Gasteiger partial charge in [0.2, 0.25) is 0 Å². The highest BCUT2D eigenvalue weighted by Crippen LogP contribution is 2.48. The highest BCUT2D eigenvalue weighted by Gasteiger charge is 2.38. The van der Waals surface area contributed by atoms with Gasteiger partial charge in [-0.2, -0.15) is 8.42 Å². The molecule has 0 fully saturated rings. The van der Waals surface area contributed by atoms with Crippen LogP contribution in [0.2, 0.25) is 0 Å².